The van der Waals surface area contributed by atoms with Gasteiger partial charge in [0.05, 0.1) is 12.4 Å². The molecule has 1 aromatic heterocycles. The monoisotopic (exact) mass is 224 g/mol. The topological polar surface area (TPSA) is 49.8 Å². The number of aromatic nitrogens is 2. The molecule has 0 radical (unpaired) electrons. The molecule has 0 aliphatic carbocycles. The first-order valence-corrected chi connectivity index (χ1v) is 6.44. The molecule has 0 saturated carbocycles. The van der Waals surface area contributed by atoms with Crippen molar-refractivity contribution < 1.29 is 0 Å². The van der Waals surface area contributed by atoms with Crippen LogP contribution in [-0.2, 0) is 0 Å². The van der Waals surface area contributed by atoms with Gasteiger partial charge in [0.25, 0.3) is 0 Å². The second-order valence-corrected chi connectivity index (χ2v) is 4.67. The van der Waals surface area contributed by atoms with Gasteiger partial charge in [0.2, 0.25) is 0 Å². The summed E-state index contributed by atoms with van der Waals surface area (Å²) in [4.78, 5) is 8.58. The Morgan fingerprint density at radius 3 is 3.07 bits per heavy atom. The highest BCUT2D eigenvalue weighted by Crippen LogP contribution is 2.20. The van der Waals surface area contributed by atoms with Gasteiger partial charge in [-0.2, -0.15) is 11.8 Å². The van der Waals surface area contributed by atoms with E-state index in [9.17, 15) is 0 Å². The van der Waals surface area contributed by atoms with Gasteiger partial charge in [-0.25, -0.2) is 4.98 Å². The Hall–Kier alpha value is -0.970. The molecule has 1 saturated heterocycles. The maximum atomic E-state index is 4.43. The van der Waals surface area contributed by atoms with Crippen molar-refractivity contribution in [3.63, 3.8) is 0 Å². The molecule has 5 heteroatoms. The largest absolute Gasteiger partial charge is 0.369 e. The summed E-state index contributed by atoms with van der Waals surface area (Å²) < 4.78 is 0. The third-order valence-corrected chi connectivity index (χ3v) is 3.44. The second-order valence-electron chi connectivity index (χ2n) is 3.52. The third kappa shape index (κ3) is 2.99. The number of rotatable bonds is 4. The molecule has 1 aromatic rings. The lowest BCUT2D eigenvalue weighted by Crippen LogP contribution is -2.19. The summed E-state index contributed by atoms with van der Waals surface area (Å²) in [6.45, 7) is 2.92. The smallest absolute Gasteiger partial charge is 0.147 e. The molecule has 82 valence electrons. The van der Waals surface area contributed by atoms with E-state index in [4.69, 9.17) is 0 Å². The van der Waals surface area contributed by atoms with Gasteiger partial charge in [-0.05, 0) is 19.1 Å². The molecule has 1 aliphatic rings. The fourth-order valence-electron chi connectivity index (χ4n) is 1.56. The van der Waals surface area contributed by atoms with Crippen LogP contribution >= 0.6 is 11.8 Å². The van der Waals surface area contributed by atoms with E-state index < -0.39 is 0 Å². The molecule has 0 amide bonds. The number of hydrogen-bond acceptors (Lipinski definition) is 5. The maximum absolute atomic E-state index is 4.43. The molecule has 2 heterocycles. The van der Waals surface area contributed by atoms with E-state index in [2.05, 4.69) is 27.5 Å². The molecule has 1 aliphatic heterocycles. The number of thioether (sulfide) groups is 1. The van der Waals surface area contributed by atoms with Crippen molar-refractivity contribution in [2.45, 2.75) is 19.4 Å². The van der Waals surface area contributed by atoms with Crippen LogP contribution in [-0.4, -0.2) is 34.1 Å². The van der Waals surface area contributed by atoms with Crippen LogP contribution in [0.2, 0.25) is 0 Å². The van der Waals surface area contributed by atoms with E-state index in [1.54, 1.807) is 12.4 Å². The molecule has 0 spiro atoms. The molecular formula is C10H16N4S. The predicted molar refractivity (Wildman–Crippen MR) is 65.5 cm³/mol. The van der Waals surface area contributed by atoms with Crippen molar-refractivity contribution in [1.82, 2.24) is 9.97 Å². The second kappa shape index (κ2) is 5.21. The first-order valence-electron chi connectivity index (χ1n) is 5.28. The number of nitrogens with one attached hydrogen (secondary N) is 2. The highest BCUT2D eigenvalue weighted by Gasteiger charge is 2.15. The first kappa shape index (κ1) is 10.5. The molecule has 0 bridgehead atoms. The molecule has 15 heavy (non-hydrogen) atoms. The van der Waals surface area contributed by atoms with Crippen LogP contribution in [0.25, 0.3) is 0 Å². The highest BCUT2D eigenvalue weighted by atomic mass is 32.2. The minimum Gasteiger partial charge on any atom is -0.369 e. The van der Waals surface area contributed by atoms with Crippen molar-refractivity contribution in [3.05, 3.63) is 12.4 Å². The fourth-order valence-corrected chi connectivity index (χ4v) is 2.71. The van der Waals surface area contributed by atoms with Crippen LogP contribution in [0.1, 0.15) is 13.3 Å². The van der Waals surface area contributed by atoms with Gasteiger partial charge in [-0.3, -0.25) is 4.98 Å². The average molecular weight is 224 g/mol. The Kier molecular flexibility index (Phi) is 3.66. The summed E-state index contributed by atoms with van der Waals surface area (Å²) in [5, 5.41) is 6.56. The first-order chi connectivity index (χ1) is 7.38. The van der Waals surface area contributed by atoms with E-state index in [1.165, 1.54) is 17.9 Å². The van der Waals surface area contributed by atoms with Crippen LogP contribution in [0.3, 0.4) is 0 Å². The van der Waals surface area contributed by atoms with E-state index >= 15 is 0 Å². The normalized spacial score (nSPS) is 20.2. The minimum atomic E-state index is 0.557. The lowest BCUT2D eigenvalue weighted by molar-refractivity contribution is 0.805. The Bertz CT molecular complexity index is 312. The minimum absolute atomic E-state index is 0.557. The molecule has 1 atom stereocenters. The van der Waals surface area contributed by atoms with Crippen LogP contribution in [0, 0.1) is 0 Å². The van der Waals surface area contributed by atoms with Crippen LogP contribution < -0.4 is 10.6 Å². The van der Waals surface area contributed by atoms with Crippen LogP contribution in [0.5, 0.6) is 0 Å². The highest BCUT2D eigenvalue weighted by molar-refractivity contribution is 7.99. The number of anilines is 2. The number of hydrogen-bond donors (Lipinski definition) is 2. The van der Waals surface area contributed by atoms with Crippen molar-refractivity contribution >= 4 is 23.4 Å². The molecule has 4 nitrogen and oxygen atoms in total. The summed E-state index contributed by atoms with van der Waals surface area (Å²) in [5.74, 6) is 4.14. The van der Waals surface area contributed by atoms with Gasteiger partial charge in [-0.1, -0.05) is 0 Å². The van der Waals surface area contributed by atoms with Crippen molar-refractivity contribution in [3.8, 4) is 0 Å². The summed E-state index contributed by atoms with van der Waals surface area (Å²) in [6, 6.07) is 0.557. The molecule has 1 fully saturated rings. The van der Waals surface area contributed by atoms with E-state index in [1.807, 2.05) is 11.8 Å². The Morgan fingerprint density at radius 1 is 1.47 bits per heavy atom. The average Bonchev–Trinajstić information content (AvgIpc) is 2.71. The lowest BCUT2D eigenvalue weighted by Gasteiger charge is -2.12. The lowest BCUT2D eigenvalue weighted by atomic mass is 10.3. The molecule has 2 rings (SSSR count). The van der Waals surface area contributed by atoms with Crippen LogP contribution in [0.15, 0.2) is 12.4 Å². The quantitative estimate of drug-likeness (QED) is 0.817. The summed E-state index contributed by atoms with van der Waals surface area (Å²) in [6.07, 6.45) is 4.75. The predicted octanol–water partition coefficient (Wildman–Crippen LogP) is 1.83. The van der Waals surface area contributed by atoms with E-state index in [0.717, 1.165) is 18.2 Å². The number of nitrogens with zero attached hydrogens (tertiary/aromatic N) is 2. The molecule has 2 N–H and O–H groups in total. The zero-order valence-corrected chi connectivity index (χ0v) is 9.68. The third-order valence-electron chi connectivity index (χ3n) is 2.27. The standard InChI is InChI=1S/C10H16N4S/c1-2-12-9-5-11-6-10(14-9)13-8-3-4-15-7-8/h5-6,8H,2-4,7H2,1H3,(H2,12,13,14). The summed E-state index contributed by atoms with van der Waals surface area (Å²) >= 11 is 1.99. The Morgan fingerprint density at radius 2 is 2.33 bits per heavy atom. The van der Waals surface area contributed by atoms with Crippen molar-refractivity contribution in [2.75, 3.05) is 28.7 Å². The van der Waals surface area contributed by atoms with Gasteiger partial charge in [0, 0.05) is 18.3 Å². The van der Waals surface area contributed by atoms with Crippen LogP contribution in [0.4, 0.5) is 11.6 Å². The van der Waals surface area contributed by atoms with Gasteiger partial charge < -0.3 is 10.6 Å². The summed E-state index contributed by atoms with van der Waals surface area (Å²) in [7, 11) is 0. The van der Waals surface area contributed by atoms with E-state index in [0.29, 0.717) is 6.04 Å². The maximum Gasteiger partial charge on any atom is 0.147 e. The summed E-state index contributed by atoms with van der Waals surface area (Å²) in [5.41, 5.74) is 0. The van der Waals surface area contributed by atoms with Gasteiger partial charge in [-0.15, -0.1) is 0 Å². The van der Waals surface area contributed by atoms with Gasteiger partial charge in [0.15, 0.2) is 0 Å². The molecular weight excluding hydrogens is 208 g/mol. The van der Waals surface area contributed by atoms with Crippen molar-refractivity contribution in [1.29, 1.82) is 0 Å². The van der Waals surface area contributed by atoms with Gasteiger partial charge >= 0.3 is 0 Å². The van der Waals surface area contributed by atoms with Crippen molar-refractivity contribution in [2.24, 2.45) is 0 Å². The van der Waals surface area contributed by atoms with Gasteiger partial charge in [0.1, 0.15) is 11.6 Å². The fraction of sp³-hybridized carbons (Fsp3) is 0.600. The molecule has 0 aromatic carbocycles. The molecule has 1 unspecified atom stereocenters. The Labute approximate surface area is 94.3 Å². The SMILES string of the molecule is CCNc1cncc(NC2CCSC2)n1. The van der Waals surface area contributed by atoms with E-state index in [-0.39, 0.29) is 0 Å². The zero-order chi connectivity index (χ0) is 10.5. The zero-order valence-electron chi connectivity index (χ0n) is 8.86. The Balaban J connectivity index is 1.97.